The number of carbonyl (C=O) groups is 2. The first kappa shape index (κ1) is 18.6. The maximum atomic E-state index is 12.9. The number of thiophene rings is 1. The van der Waals surface area contributed by atoms with Crippen LogP contribution in [0.2, 0.25) is 0 Å². The van der Waals surface area contributed by atoms with Crippen molar-refractivity contribution >= 4 is 22.9 Å². The summed E-state index contributed by atoms with van der Waals surface area (Å²) in [6.07, 6.45) is -0.701. The third-order valence-electron chi connectivity index (χ3n) is 4.07. The van der Waals surface area contributed by atoms with E-state index in [2.05, 4.69) is 0 Å². The highest BCUT2D eigenvalue weighted by Crippen LogP contribution is 2.39. The fourth-order valence-corrected chi connectivity index (χ4v) is 3.64. The Bertz CT molecular complexity index is 812. The number of carbonyl (C=O) groups excluding carboxylic acids is 2. The molecule has 2 aromatic rings. The van der Waals surface area contributed by atoms with E-state index in [0.717, 1.165) is 0 Å². The van der Waals surface area contributed by atoms with Gasteiger partial charge in [-0.25, -0.2) is 0 Å². The standard InChI is InChI=1S/C19H20O6S/c1-2-3-15(22)18-13-6-7-26-19(13)17(23)14-8-12(4-5-16(14)25-18)24-10-11(21)9-20/h4-8,11,18,20-21H,2-3,9-10H2,1H3. The maximum Gasteiger partial charge on any atom is 0.207 e. The lowest BCUT2D eigenvalue weighted by atomic mass is 10.0. The van der Waals surface area contributed by atoms with Crippen molar-refractivity contribution in [2.45, 2.75) is 32.0 Å². The molecule has 0 spiro atoms. The molecule has 0 fully saturated rings. The third kappa shape index (κ3) is 3.65. The highest BCUT2D eigenvalue weighted by atomic mass is 32.1. The molecular formula is C19H20O6S. The molecule has 1 aromatic carbocycles. The molecule has 3 rings (SSSR count). The summed E-state index contributed by atoms with van der Waals surface area (Å²) in [5.41, 5.74) is 0.921. The fraction of sp³-hybridized carbons (Fsp3) is 0.368. The van der Waals surface area contributed by atoms with Crippen LogP contribution < -0.4 is 9.47 Å². The molecule has 26 heavy (non-hydrogen) atoms. The zero-order chi connectivity index (χ0) is 18.7. The predicted octanol–water partition coefficient (Wildman–Crippen LogP) is 2.51. The van der Waals surface area contributed by atoms with Crippen LogP contribution in [-0.2, 0) is 4.79 Å². The molecule has 2 N–H and O–H groups in total. The Morgan fingerprint density at radius 3 is 2.92 bits per heavy atom. The lowest BCUT2D eigenvalue weighted by Crippen LogP contribution is -2.21. The fourth-order valence-electron chi connectivity index (χ4n) is 2.76. The minimum absolute atomic E-state index is 0.0563. The third-order valence-corrected chi connectivity index (χ3v) is 5.00. The second kappa shape index (κ2) is 7.99. The van der Waals surface area contributed by atoms with E-state index in [1.807, 2.05) is 6.92 Å². The van der Waals surface area contributed by atoms with Gasteiger partial charge >= 0.3 is 0 Å². The summed E-state index contributed by atoms with van der Waals surface area (Å²) in [6.45, 7) is 1.42. The smallest absolute Gasteiger partial charge is 0.207 e. The van der Waals surface area contributed by atoms with Gasteiger partial charge in [-0.05, 0) is 36.1 Å². The van der Waals surface area contributed by atoms with Crippen molar-refractivity contribution in [1.82, 2.24) is 0 Å². The maximum absolute atomic E-state index is 12.9. The van der Waals surface area contributed by atoms with Gasteiger partial charge in [0.05, 0.1) is 17.0 Å². The zero-order valence-electron chi connectivity index (χ0n) is 14.3. The van der Waals surface area contributed by atoms with Crippen LogP contribution in [0.15, 0.2) is 29.6 Å². The van der Waals surface area contributed by atoms with Gasteiger partial charge in [0.25, 0.3) is 0 Å². The van der Waals surface area contributed by atoms with E-state index < -0.39 is 18.8 Å². The molecule has 2 heterocycles. The Kier molecular flexibility index (Phi) is 5.70. The zero-order valence-corrected chi connectivity index (χ0v) is 15.1. The molecule has 0 bridgehead atoms. The number of rotatable bonds is 7. The Morgan fingerprint density at radius 2 is 2.19 bits per heavy atom. The molecule has 0 radical (unpaired) electrons. The summed E-state index contributed by atoms with van der Waals surface area (Å²) in [4.78, 5) is 25.9. The molecular weight excluding hydrogens is 356 g/mol. The van der Waals surface area contributed by atoms with E-state index in [1.54, 1.807) is 23.6 Å². The van der Waals surface area contributed by atoms with Crippen molar-refractivity contribution < 1.29 is 29.3 Å². The molecule has 2 atom stereocenters. The molecule has 2 unspecified atom stereocenters. The van der Waals surface area contributed by atoms with Crippen molar-refractivity contribution in [3.63, 3.8) is 0 Å². The van der Waals surface area contributed by atoms with Crippen LogP contribution in [-0.4, -0.2) is 41.1 Å². The molecule has 7 heteroatoms. The number of hydrogen-bond donors (Lipinski definition) is 2. The molecule has 6 nitrogen and oxygen atoms in total. The number of aliphatic hydroxyl groups is 2. The number of ketones is 2. The summed E-state index contributed by atoms with van der Waals surface area (Å²) < 4.78 is 11.3. The highest BCUT2D eigenvalue weighted by Gasteiger charge is 2.33. The van der Waals surface area contributed by atoms with E-state index in [0.29, 0.717) is 40.3 Å². The Balaban J connectivity index is 1.95. The number of ether oxygens (including phenoxy) is 2. The first-order valence-corrected chi connectivity index (χ1v) is 9.30. The second-order valence-corrected chi connectivity index (χ2v) is 6.97. The second-order valence-electron chi connectivity index (χ2n) is 6.05. The van der Waals surface area contributed by atoms with E-state index in [-0.39, 0.29) is 18.2 Å². The molecule has 1 aliphatic heterocycles. The van der Waals surface area contributed by atoms with Crippen molar-refractivity contribution in [2.24, 2.45) is 0 Å². The van der Waals surface area contributed by atoms with Crippen LogP contribution in [0.4, 0.5) is 0 Å². The summed E-state index contributed by atoms with van der Waals surface area (Å²) in [5.74, 6) is 0.441. The van der Waals surface area contributed by atoms with Gasteiger partial charge in [-0.2, -0.15) is 0 Å². The average molecular weight is 376 g/mol. The minimum atomic E-state index is -0.999. The van der Waals surface area contributed by atoms with Gasteiger partial charge in [0.2, 0.25) is 5.78 Å². The normalized spacial score (nSPS) is 16.9. The van der Waals surface area contributed by atoms with Crippen molar-refractivity contribution in [3.05, 3.63) is 45.6 Å². The average Bonchev–Trinajstić information content (AvgIpc) is 3.09. The summed E-state index contributed by atoms with van der Waals surface area (Å²) in [7, 11) is 0. The molecule has 0 saturated carbocycles. The number of fused-ring (bicyclic) bond motifs is 2. The monoisotopic (exact) mass is 376 g/mol. The van der Waals surface area contributed by atoms with Crippen molar-refractivity contribution in [1.29, 1.82) is 0 Å². The summed E-state index contributed by atoms with van der Waals surface area (Å²) in [5, 5.41) is 20.0. The van der Waals surface area contributed by atoms with Crippen LogP contribution >= 0.6 is 11.3 Å². The lowest BCUT2D eigenvalue weighted by molar-refractivity contribution is -0.126. The van der Waals surface area contributed by atoms with Gasteiger partial charge in [-0.1, -0.05) is 6.92 Å². The first-order valence-electron chi connectivity index (χ1n) is 8.42. The molecule has 1 aromatic heterocycles. The van der Waals surface area contributed by atoms with E-state index in [1.165, 1.54) is 17.4 Å². The number of Topliss-reactive ketones (excluding diaryl/α,β-unsaturated/α-hetero) is 1. The Morgan fingerprint density at radius 1 is 1.38 bits per heavy atom. The van der Waals surface area contributed by atoms with Gasteiger partial charge in [-0.15, -0.1) is 11.3 Å². The van der Waals surface area contributed by atoms with Crippen LogP contribution in [0, 0.1) is 0 Å². The van der Waals surface area contributed by atoms with Crippen molar-refractivity contribution in [3.8, 4) is 11.5 Å². The Hall–Kier alpha value is -2.22. The molecule has 0 aliphatic carbocycles. The van der Waals surface area contributed by atoms with Crippen molar-refractivity contribution in [2.75, 3.05) is 13.2 Å². The summed E-state index contributed by atoms with van der Waals surface area (Å²) >= 11 is 1.28. The summed E-state index contributed by atoms with van der Waals surface area (Å²) in [6, 6.07) is 6.50. The van der Waals surface area contributed by atoms with Gasteiger partial charge in [0, 0.05) is 12.0 Å². The molecule has 0 amide bonds. The Labute approximate surface area is 155 Å². The molecule has 138 valence electrons. The van der Waals surface area contributed by atoms with E-state index in [4.69, 9.17) is 14.6 Å². The predicted molar refractivity (Wildman–Crippen MR) is 96.1 cm³/mol. The lowest BCUT2D eigenvalue weighted by Gasteiger charge is -2.17. The topological polar surface area (TPSA) is 93.1 Å². The van der Waals surface area contributed by atoms with Gasteiger partial charge < -0.3 is 19.7 Å². The van der Waals surface area contributed by atoms with Gasteiger partial charge in [-0.3, -0.25) is 9.59 Å². The minimum Gasteiger partial charge on any atom is -0.491 e. The quantitative estimate of drug-likeness (QED) is 0.771. The SMILES string of the molecule is CCCC(=O)C1Oc2ccc(OCC(O)CO)cc2C(=O)c2sccc21. The number of aliphatic hydroxyl groups excluding tert-OH is 2. The van der Waals surface area contributed by atoms with E-state index in [9.17, 15) is 14.7 Å². The van der Waals surface area contributed by atoms with Crippen LogP contribution in [0.25, 0.3) is 0 Å². The first-order chi connectivity index (χ1) is 12.5. The van der Waals surface area contributed by atoms with Gasteiger partial charge in [0.15, 0.2) is 11.9 Å². The highest BCUT2D eigenvalue weighted by molar-refractivity contribution is 7.12. The molecule has 0 saturated heterocycles. The van der Waals surface area contributed by atoms with E-state index >= 15 is 0 Å². The largest absolute Gasteiger partial charge is 0.491 e. The number of hydrogen-bond acceptors (Lipinski definition) is 7. The number of benzene rings is 1. The van der Waals surface area contributed by atoms with Gasteiger partial charge in [0.1, 0.15) is 24.2 Å². The van der Waals surface area contributed by atoms with Crippen LogP contribution in [0.1, 0.15) is 46.7 Å². The van der Waals surface area contributed by atoms with Crippen LogP contribution in [0.5, 0.6) is 11.5 Å². The van der Waals surface area contributed by atoms with Crippen LogP contribution in [0.3, 0.4) is 0 Å². The molecule has 1 aliphatic rings.